The molecule has 0 saturated heterocycles. The van der Waals surface area contributed by atoms with E-state index < -0.39 is 0 Å². The summed E-state index contributed by atoms with van der Waals surface area (Å²) < 4.78 is 0. The lowest BCUT2D eigenvalue weighted by Crippen LogP contribution is -1.98. The van der Waals surface area contributed by atoms with Crippen LogP contribution >= 0.6 is 0 Å². The third-order valence-corrected chi connectivity index (χ3v) is 2.03. The molecule has 0 heterocycles. The Labute approximate surface area is 76.5 Å². The van der Waals surface area contributed by atoms with Crippen LogP contribution in [0.15, 0.2) is 12.7 Å². The molecule has 0 aromatic rings. The first-order valence-corrected chi connectivity index (χ1v) is 5.06. The molecule has 0 aliphatic rings. The molecule has 1 heteroatoms. The molecule has 0 aromatic heterocycles. The standard InChI is InChI=1S/C11H22O/c1-3-4-5-6-7-8-9-10-11(2)12/h3,11-12H,1,4-10H2,2H3/t11-/m1/s1. The van der Waals surface area contributed by atoms with Crippen molar-refractivity contribution in [2.24, 2.45) is 0 Å². The van der Waals surface area contributed by atoms with Gasteiger partial charge in [-0.3, -0.25) is 0 Å². The molecule has 0 aliphatic heterocycles. The molecule has 0 spiro atoms. The zero-order chi connectivity index (χ0) is 9.23. The molecule has 1 atom stereocenters. The predicted octanol–water partition coefficient (Wildman–Crippen LogP) is 3.28. The summed E-state index contributed by atoms with van der Waals surface area (Å²) in [6.07, 6.45) is 10.3. The Morgan fingerprint density at radius 1 is 1.17 bits per heavy atom. The Kier molecular flexibility index (Phi) is 8.57. The molecule has 1 nitrogen and oxygen atoms in total. The van der Waals surface area contributed by atoms with Gasteiger partial charge in [0.2, 0.25) is 0 Å². The SMILES string of the molecule is C=CCCCCCCC[C@@H](C)O. The monoisotopic (exact) mass is 170 g/mol. The van der Waals surface area contributed by atoms with Crippen LogP contribution in [0.1, 0.15) is 51.9 Å². The number of rotatable bonds is 8. The topological polar surface area (TPSA) is 20.2 Å². The largest absolute Gasteiger partial charge is 0.393 e. The van der Waals surface area contributed by atoms with Crippen LogP contribution in [0.5, 0.6) is 0 Å². The molecule has 0 fully saturated rings. The summed E-state index contributed by atoms with van der Waals surface area (Å²) in [6, 6.07) is 0. The molecule has 0 aliphatic carbocycles. The highest BCUT2D eigenvalue weighted by atomic mass is 16.3. The molecule has 12 heavy (non-hydrogen) atoms. The smallest absolute Gasteiger partial charge is 0.0512 e. The van der Waals surface area contributed by atoms with Crippen LogP contribution < -0.4 is 0 Å². The highest BCUT2D eigenvalue weighted by Gasteiger charge is 1.94. The minimum Gasteiger partial charge on any atom is -0.393 e. The van der Waals surface area contributed by atoms with Crippen molar-refractivity contribution >= 4 is 0 Å². The van der Waals surface area contributed by atoms with E-state index in [0.717, 1.165) is 12.8 Å². The summed E-state index contributed by atoms with van der Waals surface area (Å²) in [5.74, 6) is 0. The Balaban J connectivity index is 2.86. The molecule has 0 rings (SSSR count). The summed E-state index contributed by atoms with van der Waals surface area (Å²) in [4.78, 5) is 0. The second-order valence-electron chi connectivity index (χ2n) is 3.48. The fraction of sp³-hybridized carbons (Fsp3) is 0.818. The van der Waals surface area contributed by atoms with E-state index in [1.165, 1.54) is 32.1 Å². The number of unbranched alkanes of at least 4 members (excludes halogenated alkanes) is 5. The van der Waals surface area contributed by atoms with Crippen molar-refractivity contribution in [3.63, 3.8) is 0 Å². The van der Waals surface area contributed by atoms with E-state index in [1.807, 2.05) is 13.0 Å². The van der Waals surface area contributed by atoms with Crippen LogP contribution in [0, 0.1) is 0 Å². The van der Waals surface area contributed by atoms with Gasteiger partial charge in [0.05, 0.1) is 6.10 Å². The van der Waals surface area contributed by atoms with E-state index >= 15 is 0 Å². The van der Waals surface area contributed by atoms with Gasteiger partial charge in [0.1, 0.15) is 0 Å². The fourth-order valence-electron chi connectivity index (χ4n) is 1.26. The van der Waals surface area contributed by atoms with Gasteiger partial charge in [0.25, 0.3) is 0 Å². The van der Waals surface area contributed by atoms with E-state index in [-0.39, 0.29) is 6.10 Å². The van der Waals surface area contributed by atoms with Crippen molar-refractivity contribution in [2.75, 3.05) is 0 Å². The lowest BCUT2D eigenvalue weighted by Gasteiger charge is -2.02. The predicted molar refractivity (Wildman–Crippen MR) is 54.2 cm³/mol. The summed E-state index contributed by atoms with van der Waals surface area (Å²) in [7, 11) is 0. The Morgan fingerprint density at radius 3 is 2.33 bits per heavy atom. The van der Waals surface area contributed by atoms with E-state index in [9.17, 15) is 0 Å². The minimum atomic E-state index is -0.113. The average molecular weight is 170 g/mol. The zero-order valence-corrected chi connectivity index (χ0v) is 8.26. The second kappa shape index (κ2) is 8.79. The molecule has 0 aromatic carbocycles. The van der Waals surface area contributed by atoms with Gasteiger partial charge in [0.15, 0.2) is 0 Å². The molecule has 0 saturated carbocycles. The van der Waals surface area contributed by atoms with Crippen LogP contribution in [0.25, 0.3) is 0 Å². The highest BCUT2D eigenvalue weighted by molar-refractivity contribution is 4.65. The van der Waals surface area contributed by atoms with E-state index in [4.69, 9.17) is 5.11 Å². The van der Waals surface area contributed by atoms with Gasteiger partial charge in [0, 0.05) is 0 Å². The Morgan fingerprint density at radius 2 is 1.75 bits per heavy atom. The van der Waals surface area contributed by atoms with Crippen molar-refractivity contribution in [1.82, 2.24) is 0 Å². The minimum absolute atomic E-state index is 0.113. The molecule has 0 bridgehead atoms. The Hall–Kier alpha value is -0.300. The van der Waals surface area contributed by atoms with Crippen LogP contribution in [0.4, 0.5) is 0 Å². The Bertz CT molecular complexity index is 97.2. The molecular formula is C11H22O. The summed E-state index contributed by atoms with van der Waals surface area (Å²) >= 11 is 0. The second-order valence-corrected chi connectivity index (χ2v) is 3.48. The maximum absolute atomic E-state index is 8.98. The van der Waals surface area contributed by atoms with Crippen LogP contribution in [0.2, 0.25) is 0 Å². The van der Waals surface area contributed by atoms with Gasteiger partial charge in [-0.25, -0.2) is 0 Å². The van der Waals surface area contributed by atoms with Gasteiger partial charge in [-0.05, 0) is 26.2 Å². The number of aliphatic hydroxyl groups is 1. The molecule has 1 N–H and O–H groups in total. The molecule has 72 valence electrons. The van der Waals surface area contributed by atoms with Gasteiger partial charge in [-0.2, -0.15) is 0 Å². The van der Waals surface area contributed by atoms with Crippen molar-refractivity contribution in [1.29, 1.82) is 0 Å². The van der Waals surface area contributed by atoms with Gasteiger partial charge in [-0.1, -0.05) is 31.8 Å². The number of hydrogen-bond acceptors (Lipinski definition) is 1. The first kappa shape index (κ1) is 11.7. The highest BCUT2D eigenvalue weighted by Crippen LogP contribution is 2.08. The van der Waals surface area contributed by atoms with Gasteiger partial charge < -0.3 is 5.11 Å². The van der Waals surface area contributed by atoms with Gasteiger partial charge in [-0.15, -0.1) is 6.58 Å². The van der Waals surface area contributed by atoms with Crippen molar-refractivity contribution in [3.8, 4) is 0 Å². The maximum Gasteiger partial charge on any atom is 0.0512 e. The van der Waals surface area contributed by atoms with Crippen LogP contribution in [-0.2, 0) is 0 Å². The summed E-state index contributed by atoms with van der Waals surface area (Å²) in [5.41, 5.74) is 0. The number of allylic oxidation sites excluding steroid dienone is 1. The normalized spacial score (nSPS) is 12.8. The number of aliphatic hydroxyl groups excluding tert-OH is 1. The van der Waals surface area contributed by atoms with E-state index in [2.05, 4.69) is 6.58 Å². The van der Waals surface area contributed by atoms with Crippen LogP contribution in [-0.4, -0.2) is 11.2 Å². The van der Waals surface area contributed by atoms with Gasteiger partial charge >= 0.3 is 0 Å². The quantitative estimate of drug-likeness (QED) is 0.438. The number of hydrogen-bond donors (Lipinski definition) is 1. The van der Waals surface area contributed by atoms with Crippen molar-refractivity contribution < 1.29 is 5.11 Å². The van der Waals surface area contributed by atoms with E-state index in [0.29, 0.717) is 0 Å². The first-order valence-electron chi connectivity index (χ1n) is 5.06. The summed E-state index contributed by atoms with van der Waals surface area (Å²) in [6.45, 7) is 5.54. The lowest BCUT2D eigenvalue weighted by molar-refractivity contribution is 0.180. The first-order chi connectivity index (χ1) is 5.77. The third kappa shape index (κ3) is 9.70. The molecule has 0 unspecified atom stereocenters. The molecular weight excluding hydrogens is 148 g/mol. The molecule has 0 amide bonds. The fourth-order valence-corrected chi connectivity index (χ4v) is 1.26. The van der Waals surface area contributed by atoms with Crippen molar-refractivity contribution in [3.05, 3.63) is 12.7 Å². The zero-order valence-electron chi connectivity index (χ0n) is 8.26. The third-order valence-electron chi connectivity index (χ3n) is 2.03. The van der Waals surface area contributed by atoms with Crippen molar-refractivity contribution in [2.45, 2.75) is 58.0 Å². The lowest BCUT2D eigenvalue weighted by atomic mass is 10.1. The average Bonchev–Trinajstić information content (AvgIpc) is 2.02. The van der Waals surface area contributed by atoms with E-state index in [1.54, 1.807) is 0 Å². The maximum atomic E-state index is 8.98. The summed E-state index contributed by atoms with van der Waals surface area (Å²) in [5, 5.41) is 8.98. The van der Waals surface area contributed by atoms with Crippen LogP contribution in [0.3, 0.4) is 0 Å². The molecule has 0 radical (unpaired) electrons.